The van der Waals surface area contributed by atoms with Gasteiger partial charge < -0.3 is 19.3 Å². The highest BCUT2D eigenvalue weighted by Gasteiger charge is 2.47. The Bertz CT molecular complexity index is 952. The maximum Gasteiger partial charge on any atom is 0.290 e. The van der Waals surface area contributed by atoms with Crippen LogP contribution in [-0.2, 0) is 16.1 Å². The molecule has 1 aliphatic rings. The second-order valence-corrected chi connectivity index (χ2v) is 7.85. The number of ketones is 1. The highest BCUT2D eigenvalue weighted by atomic mass is 16.5. The Kier molecular flexibility index (Phi) is 5.02. The van der Waals surface area contributed by atoms with Gasteiger partial charge in [-0.3, -0.25) is 9.59 Å². The van der Waals surface area contributed by atoms with E-state index in [2.05, 4.69) is 5.16 Å². The molecule has 1 aliphatic heterocycles. The molecule has 3 rings (SSSR count). The number of benzene rings is 1. The van der Waals surface area contributed by atoms with Crippen molar-refractivity contribution in [3.8, 4) is 5.75 Å². The molecule has 0 spiro atoms. The first-order chi connectivity index (χ1) is 13.1. The van der Waals surface area contributed by atoms with Gasteiger partial charge in [-0.1, -0.05) is 44.1 Å². The normalized spacial score (nSPS) is 17.4. The van der Waals surface area contributed by atoms with Crippen molar-refractivity contribution in [2.45, 2.75) is 40.3 Å². The third-order valence-corrected chi connectivity index (χ3v) is 4.67. The summed E-state index contributed by atoms with van der Waals surface area (Å²) in [5.74, 6) is -0.317. The average molecular weight is 384 g/mol. The second-order valence-electron chi connectivity index (χ2n) is 7.85. The van der Waals surface area contributed by atoms with Gasteiger partial charge in [0, 0.05) is 17.0 Å². The van der Waals surface area contributed by atoms with E-state index in [9.17, 15) is 14.7 Å². The van der Waals surface area contributed by atoms with E-state index in [4.69, 9.17) is 9.26 Å². The van der Waals surface area contributed by atoms with E-state index in [1.807, 2.05) is 0 Å². The minimum absolute atomic E-state index is 0.0715. The monoisotopic (exact) mass is 384 g/mol. The number of rotatable bonds is 5. The number of nitrogens with zero attached hydrogens (tertiary/aromatic N) is 2. The third-order valence-electron chi connectivity index (χ3n) is 4.67. The topological polar surface area (TPSA) is 92.9 Å². The van der Waals surface area contributed by atoms with Gasteiger partial charge in [-0.2, -0.15) is 0 Å². The largest absolute Gasteiger partial charge is 0.503 e. The molecular formula is C21H24N2O5. The minimum atomic E-state index is -0.785. The molecule has 28 heavy (non-hydrogen) atoms. The summed E-state index contributed by atoms with van der Waals surface area (Å²) in [6.07, 6.45) is 0. The van der Waals surface area contributed by atoms with Crippen molar-refractivity contribution < 1.29 is 24.0 Å². The van der Waals surface area contributed by atoms with Gasteiger partial charge in [0.05, 0.1) is 25.3 Å². The minimum Gasteiger partial charge on any atom is -0.503 e. The number of carbonyl (C=O) groups is 2. The Morgan fingerprint density at radius 3 is 2.57 bits per heavy atom. The van der Waals surface area contributed by atoms with Gasteiger partial charge in [0.25, 0.3) is 5.91 Å². The molecule has 1 unspecified atom stereocenters. The van der Waals surface area contributed by atoms with Crippen LogP contribution >= 0.6 is 0 Å². The summed E-state index contributed by atoms with van der Waals surface area (Å²) in [6, 6.07) is 8.08. The summed E-state index contributed by atoms with van der Waals surface area (Å²) in [5.41, 5.74) is 0.449. The van der Waals surface area contributed by atoms with Crippen molar-refractivity contribution in [1.82, 2.24) is 10.1 Å². The number of para-hydroxylation sites is 1. The molecule has 0 radical (unpaired) electrons. The fourth-order valence-corrected chi connectivity index (χ4v) is 3.34. The molecular weight excluding hydrogens is 360 g/mol. The van der Waals surface area contributed by atoms with E-state index in [1.165, 1.54) is 12.0 Å². The van der Waals surface area contributed by atoms with Crippen LogP contribution in [0.15, 0.2) is 46.2 Å². The Balaban J connectivity index is 2.14. The third kappa shape index (κ3) is 3.40. The molecule has 1 N–H and O–H groups in total. The highest BCUT2D eigenvalue weighted by molar-refractivity contribution is 6.10. The molecule has 0 saturated heterocycles. The molecule has 1 aromatic heterocycles. The van der Waals surface area contributed by atoms with E-state index in [-0.39, 0.29) is 17.9 Å². The summed E-state index contributed by atoms with van der Waals surface area (Å²) >= 11 is 0. The number of aromatic nitrogens is 1. The van der Waals surface area contributed by atoms with Crippen molar-refractivity contribution in [3.63, 3.8) is 0 Å². The maximum absolute atomic E-state index is 13.1. The number of aliphatic hydroxyl groups is 1. The Morgan fingerprint density at radius 1 is 1.32 bits per heavy atom. The summed E-state index contributed by atoms with van der Waals surface area (Å²) < 4.78 is 10.6. The summed E-state index contributed by atoms with van der Waals surface area (Å²) in [4.78, 5) is 27.5. The van der Waals surface area contributed by atoms with Crippen LogP contribution in [0.5, 0.6) is 5.75 Å². The summed E-state index contributed by atoms with van der Waals surface area (Å²) in [6.45, 7) is 7.10. The van der Waals surface area contributed by atoms with Gasteiger partial charge in [-0.25, -0.2) is 0 Å². The standard InChI is InChI=1S/C21H24N2O5/c1-12-10-13(22-28-12)11-23-17(14-8-6-7-9-15(14)27-5)16(18(24)20(23)26)19(25)21(2,3)4/h6-10,17,24H,11H2,1-5H3. The van der Waals surface area contributed by atoms with Gasteiger partial charge in [-0.15, -0.1) is 0 Å². The van der Waals surface area contributed by atoms with E-state index in [1.54, 1.807) is 58.0 Å². The first-order valence-corrected chi connectivity index (χ1v) is 8.99. The SMILES string of the molecule is COc1ccccc1C1C(C(=O)C(C)(C)C)=C(O)C(=O)N1Cc1cc(C)on1. The van der Waals surface area contributed by atoms with Gasteiger partial charge in [0.2, 0.25) is 0 Å². The van der Waals surface area contributed by atoms with E-state index in [0.29, 0.717) is 22.8 Å². The van der Waals surface area contributed by atoms with Crippen molar-refractivity contribution in [3.05, 3.63) is 58.7 Å². The van der Waals surface area contributed by atoms with Crippen LogP contribution in [0, 0.1) is 12.3 Å². The number of ether oxygens (including phenoxy) is 1. The van der Waals surface area contributed by atoms with Crippen LogP contribution in [0.4, 0.5) is 0 Å². The zero-order chi connectivity index (χ0) is 20.6. The summed E-state index contributed by atoms with van der Waals surface area (Å²) in [5, 5.41) is 14.6. The maximum atomic E-state index is 13.1. The zero-order valence-corrected chi connectivity index (χ0v) is 16.6. The molecule has 1 amide bonds. The molecule has 2 aromatic rings. The van der Waals surface area contributed by atoms with Crippen LogP contribution < -0.4 is 4.74 Å². The fraction of sp³-hybridized carbons (Fsp3) is 0.381. The van der Waals surface area contributed by atoms with Crippen LogP contribution in [-0.4, -0.2) is 34.0 Å². The molecule has 7 nitrogen and oxygen atoms in total. The highest BCUT2D eigenvalue weighted by Crippen LogP contribution is 2.44. The van der Waals surface area contributed by atoms with Crippen molar-refractivity contribution in [2.24, 2.45) is 5.41 Å². The lowest BCUT2D eigenvalue weighted by atomic mass is 9.82. The Morgan fingerprint density at radius 2 is 2.00 bits per heavy atom. The van der Waals surface area contributed by atoms with Gasteiger partial charge in [0.1, 0.15) is 17.2 Å². The lowest BCUT2D eigenvalue weighted by molar-refractivity contribution is -0.130. The number of amides is 1. The quantitative estimate of drug-likeness (QED) is 0.848. The molecule has 148 valence electrons. The number of aryl methyl sites for hydroxylation is 1. The molecule has 2 heterocycles. The van der Waals surface area contributed by atoms with E-state index >= 15 is 0 Å². The number of methoxy groups -OCH3 is 1. The van der Waals surface area contributed by atoms with Crippen molar-refractivity contribution >= 4 is 11.7 Å². The Labute approximate surface area is 163 Å². The second kappa shape index (κ2) is 7.14. The fourth-order valence-electron chi connectivity index (χ4n) is 3.34. The molecule has 0 bridgehead atoms. The lowest BCUT2D eigenvalue weighted by Crippen LogP contribution is -2.32. The molecule has 7 heteroatoms. The van der Waals surface area contributed by atoms with E-state index in [0.717, 1.165) is 0 Å². The lowest BCUT2D eigenvalue weighted by Gasteiger charge is -2.29. The van der Waals surface area contributed by atoms with Crippen LogP contribution in [0.2, 0.25) is 0 Å². The van der Waals surface area contributed by atoms with Crippen LogP contribution in [0.3, 0.4) is 0 Å². The van der Waals surface area contributed by atoms with Crippen molar-refractivity contribution in [1.29, 1.82) is 0 Å². The van der Waals surface area contributed by atoms with Gasteiger partial charge in [-0.05, 0) is 13.0 Å². The zero-order valence-electron chi connectivity index (χ0n) is 16.6. The summed E-state index contributed by atoms with van der Waals surface area (Å²) in [7, 11) is 1.52. The molecule has 1 atom stereocenters. The predicted molar refractivity (Wildman–Crippen MR) is 102 cm³/mol. The number of hydrogen-bond donors (Lipinski definition) is 1. The number of Topliss-reactive ketones (excluding diaryl/α,β-unsaturated/α-hetero) is 1. The van der Waals surface area contributed by atoms with Crippen molar-refractivity contribution in [2.75, 3.05) is 7.11 Å². The Hall–Kier alpha value is -3.09. The van der Waals surface area contributed by atoms with Crippen LogP contribution in [0.1, 0.15) is 43.8 Å². The molecule has 0 saturated carbocycles. The number of hydrogen-bond acceptors (Lipinski definition) is 6. The molecule has 1 aromatic carbocycles. The molecule has 0 aliphatic carbocycles. The van der Waals surface area contributed by atoms with Crippen LogP contribution in [0.25, 0.3) is 0 Å². The molecule has 0 fully saturated rings. The predicted octanol–water partition coefficient (Wildman–Crippen LogP) is 3.50. The first kappa shape index (κ1) is 19.7. The number of aliphatic hydroxyl groups excluding tert-OH is 1. The van der Waals surface area contributed by atoms with E-state index < -0.39 is 23.1 Å². The smallest absolute Gasteiger partial charge is 0.290 e. The first-order valence-electron chi connectivity index (χ1n) is 8.99. The van der Waals surface area contributed by atoms with Gasteiger partial charge in [0.15, 0.2) is 11.5 Å². The van der Waals surface area contributed by atoms with Gasteiger partial charge >= 0.3 is 0 Å². The number of carbonyl (C=O) groups excluding carboxylic acids is 2. The average Bonchev–Trinajstić information content (AvgIpc) is 3.16.